The Morgan fingerprint density at radius 2 is 1.94 bits per heavy atom. The van der Waals surface area contributed by atoms with Crippen LogP contribution < -0.4 is 5.56 Å². The SMILES string of the molecule is CCC(O)(CC)Cn1cnc2ccccc2c1=O. The number of benzene rings is 1. The van der Waals surface area contributed by atoms with Gasteiger partial charge in [-0.3, -0.25) is 9.36 Å². The van der Waals surface area contributed by atoms with Crippen LogP contribution in [0.2, 0.25) is 0 Å². The number of nitrogens with zero attached hydrogens (tertiary/aromatic N) is 2. The van der Waals surface area contributed by atoms with Gasteiger partial charge < -0.3 is 5.11 Å². The van der Waals surface area contributed by atoms with E-state index in [4.69, 9.17) is 0 Å². The van der Waals surface area contributed by atoms with Crippen LogP contribution >= 0.6 is 0 Å². The van der Waals surface area contributed by atoms with Crippen LogP contribution in [0, 0.1) is 0 Å². The van der Waals surface area contributed by atoms with E-state index in [1.807, 2.05) is 32.0 Å². The quantitative estimate of drug-likeness (QED) is 0.897. The Balaban J connectivity index is 2.47. The lowest BCUT2D eigenvalue weighted by Crippen LogP contribution is -2.37. The van der Waals surface area contributed by atoms with Crippen molar-refractivity contribution in [2.24, 2.45) is 0 Å². The molecular formula is C14H18N2O2. The Morgan fingerprint density at radius 3 is 2.61 bits per heavy atom. The molecule has 1 aromatic carbocycles. The van der Waals surface area contributed by atoms with Gasteiger partial charge in [0.15, 0.2) is 0 Å². The van der Waals surface area contributed by atoms with Crippen LogP contribution in [-0.2, 0) is 6.54 Å². The number of hydrogen-bond donors (Lipinski definition) is 1. The van der Waals surface area contributed by atoms with Gasteiger partial charge in [0.25, 0.3) is 5.56 Å². The summed E-state index contributed by atoms with van der Waals surface area (Å²) in [6, 6.07) is 7.25. The highest BCUT2D eigenvalue weighted by molar-refractivity contribution is 5.76. The van der Waals surface area contributed by atoms with Crippen LogP contribution in [0.1, 0.15) is 26.7 Å². The Bertz CT molecular complexity index is 600. The van der Waals surface area contributed by atoms with Crippen molar-refractivity contribution in [2.45, 2.75) is 38.8 Å². The molecule has 18 heavy (non-hydrogen) atoms. The highest BCUT2D eigenvalue weighted by atomic mass is 16.3. The Hall–Kier alpha value is -1.68. The first-order valence-corrected chi connectivity index (χ1v) is 6.26. The second kappa shape index (κ2) is 4.90. The minimum atomic E-state index is -0.839. The van der Waals surface area contributed by atoms with Gasteiger partial charge in [0.05, 0.1) is 29.4 Å². The fourth-order valence-corrected chi connectivity index (χ4v) is 2.01. The van der Waals surface area contributed by atoms with Crippen molar-refractivity contribution in [2.75, 3.05) is 0 Å². The molecule has 1 aromatic heterocycles. The predicted octanol–water partition coefficient (Wildman–Crippen LogP) is 1.95. The Kier molecular flexibility index (Phi) is 3.48. The van der Waals surface area contributed by atoms with Crippen molar-refractivity contribution >= 4 is 10.9 Å². The summed E-state index contributed by atoms with van der Waals surface area (Å²) in [6.07, 6.45) is 2.74. The zero-order chi connectivity index (χ0) is 13.2. The van der Waals surface area contributed by atoms with Gasteiger partial charge in [-0.1, -0.05) is 26.0 Å². The first-order chi connectivity index (χ1) is 8.59. The minimum Gasteiger partial charge on any atom is -0.388 e. The minimum absolute atomic E-state index is 0.0964. The van der Waals surface area contributed by atoms with Crippen molar-refractivity contribution in [1.82, 2.24) is 9.55 Å². The monoisotopic (exact) mass is 246 g/mol. The average molecular weight is 246 g/mol. The van der Waals surface area contributed by atoms with Gasteiger partial charge in [0.1, 0.15) is 0 Å². The van der Waals surface area contributed by atoms with Gasteiger partial charge in [-0.05, 0) is 25.0 Å². The van der Waals surface area contributed by atoms with Gasteiger partial charge >= 0.3 is 0 Å². The molecule has 0 unspecified atom stereocenters. The largest absolute Gasteiger partial charge is 0.388 e. The normalized spacial score (nSPS) is 11.9. The van der Waals surface area contributed by atoms with Crippen LogP contribution in [0.4, 0.5) is 0 Å². The molecule has 1 heterocycles. The highest BCUT2D eigenvalue weighted by Gasteiger charge is 2.23. The van der Waals surface area contributed by atoms with E-state index in [-0.39, 0.29) is 12.1 Å². The van der Waals surface area contributed by atoms with Gasteiger partial charge in [-0.15, -0.1) is 0 Å². The van der Waals surface area contributed by atoms with Crippen LogP contribution in [0.15, 0.2) is 35.4 Å². The summed E-state index contributed by atoms with van der Waals surface area (Å²) in [4.78, 5) is 16.5. The molecule has 0 saturated carbocycles. The molecule has 1 N–H and O–H groups in total. The van der Waals surface area contributed by atoms with E-state index in [2.05, 4.69) is 4.98 Å². The highest BCUT2D eigenvalue weighted by Crippen LogP contribution is 2.16. The third kappa shape index (κ3) is 2.29. The first-order valence-electron chi connectivity index (χ1n) is 6.26. The molecule has 4 nitrogen and oxygen atoms in total. The van der Waals surface area contributed by atoms with Crippen molar-refractivity contribution in [3.63, 3.8) is 0 Å². The summed E-state index contributed by atoms with van der Waals surface area (Å²) in [5, 5.41) is 10.9. The lowest BCUT2D eigenvalue weighted by atomic mass is 9.97. The lowest BCUT2D eigenvalue weighted by molar-refractivity contribution is 0.0140. The molecule has 0 bridgehead atoms. The van der Waals surface area contributed by atoms with E-state index in [0.717, 1.165) is 0 Å². The summed E-state index contributed by atoms with van der Waals surface area (Å²) >= 11 is 0. The van der Waals surface area contributed by atoms with Gasteiger partial charge in [-0.25, -0.2) is 4.98 Å². The van der Waals surface area contributed by atoms with Gasteiger partial charge in [-0.2, -0.15) is 0 Å². The van der Waals surface area contributed by atoms with Crippen LogP contribution in [-0.4, -0.2) is 20.3 Å². The smallest absolute Gasteiger partial charge is 0.261 e. The van der Waals surface area contributed by atoms with Crippen LogP contribution in [0.25, 0.3) is 10.9 Å². The lowest BCUT2D eigenvalue weighted by Gasteiger charge is -2.25. The number of aliphatic hydroxyl groups is 1. The number of fused-ring (bicyclic) bond motifs is 1. The second-order valence-corrected chi connectivity index (χ2v) is 4.63. The molecule has 0 radical (unpaired) electrons. The number of rotatable bonds is 4. The molecule has 0 aliphatic carbocycles. The van der Waals surface area contributed by atoms with Crippen molar-refractivity contribution in [1.29, 1.82) is 0 Å². The molecule has 0 aliphatic heterocycles. The first kappa shape index (κ1) is 12.8. The number of hydrogen-bond acceptors (Lipinski definition) is 3. The summed E-state index contributed by atoms with van der Waals surface area (Å²) < 4.78 is 1.50. The van der Waals surface area contributed by atoms with Crippen molar-refractivity contribution in [3.8, 4) is 0 Å². The summed E-state index contributed by atoms with van der Waals surface area (Å²) in [6.45, 7) is 4.13. The number of aromatic nitrogens is 2. The summed E-state index contributed by atoms with van der Waals surface area (Å²) in [5.41, 5.74) is -0.246. The maximum Gasteiger partial charge on any atom is 0.261 e. The molecule has 2 rings (SSSR count). The van der Waals surface area contributed by atoms with Gasteiger partial charge in [0.2, 0.25) is 0 Å². The molecule has 0 fully saturated rings. The van der Waals surface area contributed by atoms with Crippen LogP contribution in [0.5, 0.6) is 0 Å². The molecule has 4 heteroatoms. The second-order valence-electron chi connectivity index (χ2n) is 4.63. The summed E-state index contributed by atoms with van der Waals surface area (Å²) in [7, 11) is 0. The summed E-state index contributed by atoms with van der Waals surface area (Å²) in [5.74, 6) is 0. The zero-order valence-corrected chi connectivity index (χ0v) is 10.8. The maximum atomic E-state index is 12.2. The third-order valence-electron chi connectivity index (χ3n) is 3.51. The molecule has 0 spiro atoms. The van der Waals surface area contributed by atoms with E-state index in [1.165, 1.54) is 10.9 Å². The third-order valence-corrected chi connectivity index (χ3v) is 3.51. The molecule has 0 amide bonds. The van der Waals surface area contributed by atoms with Crippen LogP contribution in [0.3, 0.4) is 0 Å². The molecule has 0 atom stereocenters. The fraction of sp³-hybridized carbons (Fsp3) is 0.429. The maximum absolute atomic E-state index is 12.2. The Morgan fingerprint density at radius 1 is 1.28 bits per heavy atom. The van der Waals surface area contributed by atoms with E-state index in [9.17, 15) is 9.90 Å². The van der Waals surface area contributed by atoms with E-state index < -0.39 is 5.60 Å². The van der Waals surface area contributed by atoms with E-state index in [1.54, 1.807) is 6.07 Å². The molecule has 2 aromatic rings. The fourth-order valence-electron chi connectivity index (χ4n) is 2.01. The van der Waals surface area contributed by atoms with E-state index in [0.29, 0.717) is 23.7 Å². The predicted molar refractivity (Wildman–Crippen MR) is 71.5 cm³/mol. The molecule has 0 saturated heterocycles. The van der Waals surface area contributed by atoms with E-state index >= 15 is 0 Å². The molecular weight excluding hydrogens is 228 g/mol. The van der Waals surface area contributed by atoms with Gasteiger partial charge in [0, 0.05) is 0 Å². The topological polar surface area (TPSA) is 55.1 Å². The number of para-hydroxylation sites is 1. The molecule has 96 valence electrons. The average Bonchev–Trinajstić information content (AvgIpc) is 2.42. The Labute approximate surface area is 106 Å². The zero-order valence-electron chi connectivity index (χ0n) is 10.8. The van der Waals surface area contributed by atoms with Crippen molar-refractivity contribution in [3.05, 3.63) is 40.9 Å². The molecule has 0 aliphatic rings. The standard InChI is InChI=1S/C14H18N2O2/c1-3-14(18,4-2)9-16-10-15-12-8-6-5-7-11(12)13(16)17/h5-8,10,18H,3-4,9H2,1-2H3. The van der Waals surface area contributed by atoms with Crippen molar-refractivity contribution < 1.29 is 5.11 Å².